The quantitative estimate of drug-likeness (QED) is 0.617. The van der Waals surface area contributed by atoms with Crippen LogP contribution in [-0.4, -0.2) is 42.7 Å². The summed E-state index contributed by atoms with van der Waals surface area (Å²) in [7, 11) is 3.43. The Morgan fingerprint density at radius 2 is 1.78 bits per heavy atom. The number of benzene rings is 2. The number of amides is 2. The molecule has 168 valence electrons. The van der Waals surface area contributed by atoms with E-state index in [1.54, 1.807) is 35.9 Å². The molecule has 8 heteroatoms. The highest BCUT2D eigenvalue weighted by atomic mass is 16.6. The molecule has 8 nitrogen and oxygen atoms in total. The molecule has 1 aromatic heterocycles. The summed E-state index contributed by atoms with van der Waals surface area (Å²) < 4.78 is 18.2. The molecule has 0 radical (unpaired) electrons. The Hall–Kier alpha value is -3.68. The number of methoxy groups -OCH3 is 1. The summed E-state index contributed by atoms with van der Waals surface area (Å²) in [5.41, 5.74) is 1.94. The molecule has 4 rings (SSSR count). The average molecular weight is 437 g/mol. The molecule has 1 aliphatic rings. The molecular formula is C24H27N3O5. The van der Waals surface area contributed by atoms with Crippen LogP contribution >= 0.6 is 0 Å². The Bertz CT molecular complexity index is 1170. The second kappa shape index (κ2) is 8.82. The van der Waals surface area contributed by atoms with Crippen LogP contribution in [0.3, 0.4) is 0 Å². The third kappa shape index (κ3) is 4.21. The molecule has 32 heavy (non-hydrogen) atoms. The summed E-state index contributed by atoms with van der Waals surface area (Å²) in [6, 6.07) is 11.9. The number of aromatic nitrogens is 1. The fourth-order valence-electron chi connectivity index (χ4n) is 3.76. The highest BCUT2D eigenvalue weighted by Gasteiger charge is 2.26. The average Bonchev–Trinajstić information content (AvgIpc) is 3.12. The minimum Gasteiger partial charge on any atom is -0.497 e. The molecule has 1 unspecified atom stereocenters. The maximum atomic E-state index is 13.1. The summed E-state index contributed by atoms with van der Waals surface area (Å²) in [5.74, 6) is 1.21. The second-order valence-corrected chi connectivity index (χ2v) is 8.06. The Labute approximate surface area is 186 Å². The van der Waals surface area contributed by atoms with E-state index in [-0.39, 0.29) is 17.7 Å². The van der Waals surface area contributed by atoms with Gasteiger partial charge in [-0.3, -0.25) is 9.59 Å². The van der Waals surface area contributed by atoms with E-state index in [4.69, 9.17) is 14.2 Å². The molecule has 0 saturated heterocycles. The van der Waals surface area contributed by atoms with Crippen molar-refractivity contribution < 1.29 is 23.8 Å². The van der Waals surface area contributed by atoms with E-state index in [2.05, 4.69) is 10.6 Å². The van der Waals surface area contributed by atoms with Crippen LogP contribution in [0.2, 0.25) is 0 Å². The van der Waals surface area contributed by atoms with Crippen LogP contribution < -0.4 is 24.8 Å². The Morgan fingerprint density at radius 3 is 2.50 bits per heavy atom. The summed E-state index contributed by atoms with van der Waals surface area (Å²) in [5, 5.41) is 6.65. The zero-order valence-electron chi connectivity index (χ0n) is 18.6. The van der Waals surface area contributed by atoms with Crippen LogP contribution in [0.5, 0.6) is 17.2 Å². The lowest BCUT2D eigenvalue weighted by Gasteiger charge is -2.23. The molecule has 2 aromatic carbocycles. The summed E-state index contributed by atoms with van der Waals surface area (Å²) in [6.07, 6.45) is 0. The number of hydrogen-bond acceptors (Lipinski definition) is 5. The van der Waals surface area contributed by atoms with Gasteiger partial charge < -0.3 is 29.4 Å². The number of aryl methyl sites for hydroxylation is 1. The molecule has 0 aliphatic carbocycles. The number of hydrogen-bond donors (Lipinski definition) is 2. The Balaban J connectivity index is 1.52. The molecule has 2 N–H and O–H groups in total. The van der Waals surface area contributed by atoms with Gasteiger partial charge in [0.25, 0.3) is 5.91 Å². The predicted molar refractivity (Wildman–Crippen MR) is 122 cm³/mol. The number of nitrogens with zero attached hydrogens (tertiary/aromatic N) is 1. The van der Waals surface area contributed by atoms with E-state index in [0.717, 1.165) is 10.9 Å². The van der Waals surface area contributed by atoms with Crippen LogP contribution in [0.15, 0.2) is 42.5 Å². The van der Waals surface area contributed by atoms with Crippen molar-refractivity contribution in [2.45, 2.75) is 19.9 Å². The van der Waals surface area contributed by atoms with Crippen molar-refractivity contribution in [3.63, 3.8) is 0 Å². The molecule has 1 aliphatic heterocycles. The monoisotopic (exact) mass is 437 g/mol. The van der Waals surface area contributed by atoms with Crippen molar-refractivity contribution in [3.8, 4) is 17.2 Å². The Kier molecular flexibility index (Phi) is 5.94. The van der Waals surface area contributed by atoms with Gasteiger partial charge in [-0.2, -0.15) is 0 Å². The van der Waals surface area contributed by atoms with Crippen LogP contribution in [0.1, 0.15) is 24.3 Å². The first-order valence-corrected chi connectivity index (χ1v) is 10.5. The van der Waals surface area contributed by atoms with Crippen molar-refractivity contribution >= 4 is 28.4 Å². The zero-order valence-corrected chi connectivity index (χ0v) is 18.6. The maximum absolute atomic E-state index is 13.1. The molecule has 0 bridgehead atoms. The molecule has 0 saturated carbocycles. The number of anilines is 1. The van der Waals surface area contributed by atoms with E-state index < -0.39 is 6.04 Å². The number of nitrogens with one attached hydrogen (secondary N) is 2. The number of carbonyl (C=O) groups excluding carboxylic acids is 2. The highest BCUT2D eigenvalue weighted by Crippen LogP contribution is 2.32. The lowest BCUT2D eigenvalue weighted by atomic mass is 10.0. The minimum atomic E-state index is -0.719. The first kappa shape index (κ1) is 21.5. The van der Waals surface area contributed by atoms with Gasteiger partial charge in [0.1, 0.15) is 30.7 Å². The summed E-state index contributed by atoms with van der Waals surface area (Å²) in [4.78, 5) is 26.1. The molecule has 3 aromatic rings. The third-order valence-electron chi connectivity index (χ3n) is 5.53. The minimum absolute atomic E-state index is 0.120. The molecular weight excluding hydrogens is 410 g/mol. The van der Waals surface area contributed by atoms with Crippen molar-refractivity contribution in [2.24, 2.45) is 13.0 Å². The van der Waals surface area contributed by atoms with Gasteiger partial charge in [0, 0.05) is 29.7 Å². The first-order chi connectivity index (χ1) is 15.4. The zero-order chi connectivity index (χ0) is 22.8. The van der Waals surface area contributed by atoms with Crippen LogP contribution in [0, 0.1) is 5.92 Å². The van der Waals surface area contributed by atoms with E-state index in [9.17, 15) is 9.59 Å². The fraction of sp³-hybridized carbons (Fsp3) is 0.333. The normalized spacial score (nSPS) is 13.7. The van der Waals surface area contributed by atoms with E-state index in [1.807, 2.05) is 39.1 Å². The standard InChI is InChI=1S/C24H27N3O5/c1-14(2)22(24(29)25-16-5-8-20-21(13-16)32-10-9-31-20)26-23(28)19-12-15-11-17(30-4)6-7-18(15)27(19)3/h5-8,11-14,22H,9-10H2,1-4H3,(H,25,29)(H,26,28). The topological polar surface area (TPSA) is 90.8 Å². The largest absolute Gasteiger partial charge is 0.497 e. The van der Waals surface area contributed by atoms with Crippen molar-refractivity contribution in [3.05, 3.63) is 48.2 Å². The van der Waals surface area contributed by atoms with Crippen LogP contribution in [0.4, 0.5) is 5.69 Å². The first-order valence-electron chi connectivity index (χ1n) is 10.5. The summed E-state index contributed by atoms with van der Waals surface area (Å²) in [6.45, 7) is 4.74. The SMILES string of the molecule is COc1ccc2c(c1)cc(C(=O)NC(C(=O)Nc1ccc3c(c1)OCCO3)C(C)C)n2C. The maximum Gasteiger partial charge on any atom is 0.268 e. The van der Waals surface area contributed by atoms with Gasteiger partial charge in [0.05, 0.1) is 7.11 Å². The van der Waals surface area contributed by atoms with Gasteiger partial charge in [-0.25, -0.2) is 0 Å². The number of carbonyl (C=O) groups is 2. The van der Waals surface area contributed by atoms with E-state index >= 15 is 0 Å². The highest BCUT2D eigenvalue weighted by molar-refractivity contribution is 6.03. The van der Waals surface area contributed by atoms with Gasteiger partial charge in [-0.1, -0.05) is 13.8 Å². The van der Waals surface area contributed by atoms with Crippen molar-refractivity contribution in [1.29, 1.82) is 0 Å². The van der Waals surface area contributed by atoms with Crippen molar-refractivity contribution in [1.82, 2.24) is 9.88 Å². The fourth-order valence-corrected chi connectivity index (χ4v) is 3.76. The van der Waals surface area contributed by atoms with Gasteiger partial charge >= 0.3 is 0 Å². The second-order valence-electron chi connectivity index (χ2n) is 8.06. The van der Waals surface area contributed by atoms with Gasteiger partial charge in [-0.15, -0.1) is 0 Å². The van der Waals surface area contributed by atoms with E-state index in [0.29, 0.717) is 41.8 Å². The molecule has 0 fully saturated rings. The lowest BCUT2D eigenvalue weighted by molar-refractivity contribution is -0.118. The molecule has 2 amide bonds. The lowest BCUT2D eigenvalue weighted by Crippen LogP contribution is -2.47. The van der Waals surface area contributed by atoms with Gasteiger partial charge in [0.2, 0.25) is 5.91 Å². The predicted octanol–water partition coefficient (Wildman–Crippen LogP) is 3.35. The Morgan fingerprint density at radius 1 is 1.03 bits per heavy atom. The smallest absolute Gasteiger partial charge is 0.268 e. The van der Waals surface area contributed by atoms with Gasteiger partial charge in [-0.05, 0) is 42.3 Å². The molecule has 0 spiro atoms. The van der Waals surface area contributed by atoms with Crippen LogP contribution in [-0.2, 0) is 11.8 Å². The molecule has 1 atom stereocenters. The third-order valence-corrected chi connectivity index (χ3v) is 5.53. The van der Waals surface area contributed by atoms with Crippen molar-refractivity contribution in [2.75, 3.05) is 25.6 Å². The van der Waals surface area contributed by atoms with Crippen LogP contribution in [0.25, 0.3) is 10.9 Å². The number of fused-ring (bicyclic) bond motifs is 2. The van der Waals surface area contributed by atoms with E-state index in [1.165, 1.54) is 0 Å². The number of ether oxygens (including phenoxy) is 3. The summed E-state index contributed by atoms with van der Waals surface area (Å²) >= 11 is 0. The van der Waals surface area contributed by atoms with Gasteiger partial charge in [0.15, 0.2) is 11.5 Å². The number of rotatable bonds is 6. The molecule has 2 heterocycles.